The summed E-state index contributed by atoms with van der Waals surface area (Å²) < 4.78 is 26.4. The molecular weight excluding hydrogens is 356 g/mol. The van der Waals surface area contributed by atoms with Gasteiger partial charge in [-0.05, 0) is 25.1 Å². The fourth-order valence-corrected chi connectivity index (χ4v) is 2.82. The summed E-state index contributed by atoms with van der Waals surface area (Å²) in [6, 6.07) is 4.90. The number of benzene rings is 1. The van der Waals surface area contributed by atoms with Gasteiger partial charge in [0, 0.05) is 50.6 Å². The minimum Gasteiger partial charge on any atom is -0.339 e. The number of aryl methyl sites for hydroxylation is 1. The van der Waals surface area contributed by atoms with E-state index in [9.17, 15) is 18.4 Å². The van der Waals surface area contributed by atoms with E-state index in [1.54, 1.807) is 22.8 Å². The van der Waals surface area contributed by atoms with Gasteiger partial charge in [0.2, 0.25) is 11.9 Å². The number of hydrogen-bond donors (Lipinski definition) is 1. The molecule has 2 amide bonds. The number of hydrogen-bond acceptors (Lipinski definition) is 5. The molecule has 0 bridgehead atoms. The lowest BCUT2D eigenvalue weighted by molar-refractivity contribution is -0.130. The molecule has 2 aromatic rings. The third-order valence-corrected chi connectivity index (χ3v) is 4.26. The van der Waals surface area contributed by atoms with Gasteiger partial charge in [-0.15, -0.1) is 0 Å². The second kappa shape index (κ2) is 7.65. The summed E-state index contributed by atoms with van der Waals surface area (Å²) in [6.45, 7) is 5.01. The Morgan fingerprint density at radius 3 is 2.30 bits per heavy atom. The van der Waals surface area contributed by atoms with Gasteiger partial charge in [-0.3, -0.25) is 9.59 Å². The lowest BCUT2D eigenvalue weighted by Gasteiger charge is -2.34. The Hall–Kier alpha value is -3.10. The molecule has 9 heteroatoms. The fraction of sp³-hybridized carbons (Fsp3) is 0.333. The first-order chi connectivity index (χ1) is 12.8. The Bertz CT molecular complexity index is 882. The molecule has 0 radical (unpaired) electrons. The maximum absolute atomic E-state index is 13.4. The van der Waals surface area contributed by atoms with Crippen LogP contribution < -0.4 is 5.32 Å². The second-order valence-electron chi connectivity index (χ2n) is 6.27. The van der Waals surface area contributed by atoms with Gasteiger partial charge in [0.1, 0.15) is 5.69 Å². The van der Waals surface area contributed by atoms with Crippen LogP contribution in [0.1, 0.15) is 23.1 Å². The van der Waals surface area contributed by atoms with Gasteiger partial charge >= 0.3 is 0 Å². The van der Waals surface area contributed by atoms with Crippen molar-refractivity contribution < 1.29 is 18.4 Å². The second-order valence-corrected chi connectivity index (χ2v) is 6.27. The molecule has 0 atom stereocenters. The molecule has 0 spiro atoms. The lowest BCUT2D eigenvalue weighted by atomic mass is 10.2. The molecule has 1 aromatic heterocycles. The fourth-order valence-electron chi connectivity index (χ4n) is 2.82. The Labute approximate surface area is 155 Å². The van der Waals surface area contributed by atoms with Crippen LogP contribution in [0.5, 0.6) is 0 Å². The quantitative estimate of drug-likeness (QED) is 0.889. The number of amides is 2. The third-order valence-electron chi connectivity index (χ3n) is 4.26. The molecule has 3 rings (SSSR count). The highest BCUT2D eigenvalue weighted by atomic mass is 19.2. The number of carbonyl (C=O) groups excluding carboxylic acids is 2. The summed E-state index contributed by atoms with van der Waals surface area (Å²) in [4.78, 5) is 35.8. The van der Waals surface area contributed by atoms with Crippen molar-refractivity contribution in [3.63, 3.8) is 0 Å². The van der Waals surface area contributed by atoms with Gasteiger partial charge in [0.05, 0.1) is 0 Å². The number of aromatic nitrogens is 2. The Morgan fingerprint density at radius 2 is 1.67 bits per heavy atom. The van der Waals surface area contributed by atoms with Crippen LogP contribution in [0.15, 0.2) is 24.3 Å². The Kier molecular flexibility index (Phi) is 5.29. The van der Waals surface area contributed by atoms with Crippen LogP contribution in [0.3, 0.4) is 0 Å². The van der Waals surface area contributed by atoms with Crippen LogP contribution in [-0.4, -0.2) is 57.8 Å². The summed E-state index contributed by atoms with van der Waals surface area (Å²) >= 11 is 0. The van der Waals surface area contributed by atoms with E-state index in [1.807, 2.05) is 0 Å². The molecule has 142 valence electrons. The molecule has 27 heavy (non-hydrogen) atoms. The third kappa shape index (κ3) is 4.36. The van der Waals surface area contributed by atoms with E-state index in [-0.39, 0.29) is 29.1 Å². The highest BCUT2D eigenvalue weighted by Gasteiger charge is 2.24. The molecule has 0 unspecified atom stereocenters. The topological polar surface area (TPSA) is 78.4 Å². The van der Waals surface area contributed by atoms with E-state index >= 15 is 0 Å². The van der Waals surface area contributed by atoms with Crippen molar-refractivity contribution in [3.05, 3.63) is 47.3 Å². The van der Waals surface area contributed by atoms with E-state index in [2.05, 4.69) is 15.3 Å². The van der Waals surface area contributed by atoms with Gasteiger partial charge in [-0.25, -0.2) is 18.7 Å². The van der Waals surface area contributed by atoms with E-state index in [1.165, 1.54) is 13.0 Å². The first-order valence-corrected chi connectivity index (χ1v) is 8.46. The molecular formula is C18H19F2N5O2. The lowest BCUT2D eigenvalue weighted by Crippen LogP contribution is -2.50. The van der Waals surface area contributed by atoms with Gasteiger partial charge in [-0.2, -0.15) is 0 Å². The van der Waals surface area contributed by atoms with E-state index in [0.717, 1.165) is 12.1 Å². The predicted octanol–water partition coefficient (Wildman–Crippen LogP) is 2.11. The molecule has 1 saturated heterocycles. The van der Waals surface area contributed by atoms with E-state index in [4.69, 9.17) is 0 Å². The normalized spacial score (nSPS) is 14.2. The first kappa shape index (κ1) is 18.7. The monoisotopic (exact) mass is 375 g/mol. The van der Waals surface area contributed by atoms with Gasteiger partial charge in [0.25, 0.3) is 5.91 Å². The van der Waals surface area contributed by atoms with Crippen LogP contribution in [0.4, 0.5) is 20.4 Å². The number of rotatable bonds is 3. The van der Waals surface area contributed by atoms with Crippen molar-refractivity contribution in [2.45, 2.75) is 13.8 Å². The molecule has 7 nitrogen and oxygen atoms in total. The van der Waals surface area contributed by atoms with Crippen molar-refractivity contribution in [2.24, 2.45) is 0 Å². The van der Waals surface area contributed by atoms with E-state index < -0.39 is 11.6 Å². The summed E-state index contributed by atoms with van der Waals surface area (Å²) in [6.07, 6.45) is 0. The zero-order chi connectivity index (χ0) is 19.6. The van der Waals surface area contributed by atoms with Crippen molar-refractivity contribution >= 4 is 23.5 Å². The molecule has 1 aliphatic heterocycles. The molecule has 1 aliphatic rings. The summed E-state index contributed by atoms with van der Waals surface area (Å²) in [5.74, 6) is -2.11. The zero-order valence-electron chi connectivity index (χ0n) is 15.0. The number of anilines is 2. The number of carbonyl (C=O) groups is 2. The van der Waals surface area contributed by atoms with Crippen molar-refractivity contribution in [1.82, 2.24) is 19.8 Å². The van der Waals surface area contributed by atoms with Crippen molar-refractivity contribution in [3.8, 4) is 0 Å². The smallest absolute Gasteiger partial charge is 0.272 e. The number of halogens is 2. The van der Waals surface area contributed by atoms with Gasteiger partial charge in [-0.1, -0.05) is 0 Å². The maximum Gasteiger partial charge on any atom is 0.272 e. The Morgan fingerprint density at radius 1 is 1.00 bits per heavy atom. The standard InChI is InChI=1S/C18H19F2N5O2/c1-11-9-16(17(27)25-7-5-24(6-8-25)12(2)26)23-18(21-11)22-13-3-4-14(19)15(20)10-13/h3-4,9-10H,5-8H2,1-2H3,(H,21,22,23). The summed E-state index contributed by atoms with van der Waals surface area (Å²) in [7, 11) is 0. The van der Waals surface area contributed by atoms with Crippen molar-refractivity contribution in [2.75, 3.05) is 31.5 Å². The molecule has 0 aliphatic carbocycles. The predicted molar refractivity (Wildman–Crippen MR) is 94.6 cm³/mol. The number of nitrogens with one attached hydrogen (secondary N) is 1. The largest absolute Gasteiger partial charge is 0.339 e. The first-order valence-electron chi connectivity index (χ1n) is 8.46. The van der Waals surface area contributed by atoms with E-state index in [0.29, 0.717) is 31.9 Å². The maximum atomic E-state index is 13.4. The molecule has 0 saturated carbocycles. The average molecular weight is 375 g/mol. The highest BCUT2D eigenvalue weighted by molar-refractivity contribution is 5.93. The average Bonchev–Trinajstić information content (AvgIpc) is 2.64. The summed E-state index contributed by atoms with van der Waals surface area (Å²) in [5, 5.41) is 2.78. The van der Waals surface area contributed by atoms with Crippen LogP contribution in [0.2, 0.25) is 0 Å². The molecule has 1 N–H and O–H groups in total. The minimum atomic E-state index is -0.993. The van der Waals surface area contributed by atoms with Crippen LogP contribution in [0, 0.1) is 18.6 Å². The van der Waals surface area contributed by atoms with Crippen molar-refractivity contribution in [1.29, 1.82) is 0 Å². The zero-order valence-corrected chi connectivity index (χ0v) is 15.0. The number of nitrogens with zero attached hydrogens (tertiary/aromatic N) is 4. The van der Waals surface area contributed by atoms with Crippen LogP contribution in [-0.2, 0) is 4.79 Å². The number of piperazine rings is 1. The minimum absolute atomic E-state index is 0.0157. The van der Waals surface area contributed by atoms with Gasteiger partial charge in [0.15, 0.2) is 11.6 Å². The van der Waals surface area contributed by atoms with Crippen LogP contribution >= 0.6 is 0 Å². The Balaban J connectivity index is 1.75. The SMILES string of the molecule is CC(=O)N1CCN(C(=O)c2cc(C)nc(Nc3ccc(F)c(F)c3)n2)CC1. The molecule has 1 fully saturated rings. The summed E-state index contributed by atoms with van der Waals surface area (Å²) in [5.41, 5.74) is 1.03. The molecule has 2 heterocycles. The van der Waals surface area contributed by atoms with Gasteiger partial charge < -0.3 is 15.1 Å². The van der Waals surface area contributed by atoms with Crippen LogP contribution in [0.25, 0.3) is 0 Å². The molecule has 1 aromatic carbocycles. The highest BCUT2D eigenvalue weighted by Crippen LogP contribution is 2.18.